The van der Waals surface area contributed by atoms with Crippen molar-refractivity contribution in [2.45, 2.75) is 0 Å². The molecule has 0 rings (SSSR count). The van der Waals surface area contributed by atoms with E-state index < -0.39 is 22.6 Å². The molecule has 0 bridgehead atoms. The van der Waals surface area contributed by atoms with Gasteiger partial charge in [-0.3, -0.25) is 0 Å². The summed E-state index contributed by atoms with van der Waals surface area (Å²) in [6, 6.07) is 0. The Labute approximate surface area is 143 Å². The van der Waals surface area contributed by atoms with Crippen molar-refractivity contribution in [3.8, 4) is 0 Å². The maximum Gasteiger partial charge on any atom is 1.00 e. The van der Waals surface area contributed by atoms with E-state index in [9.17, 15) is 0 Å². The fraction of sp³-hybridized carbons (Fsp3) is 0. The Kier molecular flexibility index (Phi) is 33.2. The monoisotopic (exact) mass is 308 g/mol. The molecule has 0 spiro atoms. The minimum absolute atomic E-state index is 0. The zero-order chi connectivity index (χ0) is 3.58. The Hall–Kier alpha value is 4.21. The minimum atomic E-state index is -4.29. The maximum atomic E-state index is 8.61. The van der Waals surface area contributed by atoms with Gasteiger partial charge in [-0.1, -0.05) is 0 Å². The van der Waals surface area contributed by atoms with Gasteiger partial charge in [0.1, 0.15) is 0 Å². The molecule has 3 nitrogen and oxygen atoms in total. The zero-order valence-corrected chi connectivity index (χ0v) is 16.0. The third kappa shape index (κ3) is 24.1. The number of hydrogen-bond donors (Lipinski definition) is 0. The van der Waals surface area contributed by atoms with Crippen molar-refractivity contribution in [3.63, 3.8) is 0 Å². The summed E-state index contributed by atoms with van der Waals surface area (Å²) in [5, 5.41) is 0. The van der Waals surface area contributed by atoms with Crippen LogP contribution in [0.3, 0.4) is 0 Å². The molecular formula is O3Rb2Zr. The Bertz CT molecular complexity index is 31.8. The van der Waals surface area contributed by atoms with Crippen LogP contribution in [0.1, 0.15) is 0 Å². The molecule has 6 heavy (non-hydrogen) atoms. The molecule has 0 saturated carbocycles. The van der Waals surface area contributed by atoms with Gasteiger partial charge < -0.3 is 0 Å². The van der Waals surface area contributed by atoms with Crippen molar-refractivity contribution >= 4 is 0 Å². The first-order valence-electron chi connectivity index (χ1n) is 0.612. The first-order valence-corrected chi connectivity index (χ1v) is 3.62. The Morgan fingerprint density at radius 3 is 1.17 bits per heavy atom. The smallest absolute Gasteiger partial charge is 1.00 e. The summed E-state index contributed by atoms with van der Waals surface area (Å²) in [7, 11) is 0. The largest absolute Gasteiger partial charge is 1.00 e. The number of hydrogen-bond acceptors (Lipinski definition) is 3. The second-order valence-corrected chi connectivity index (χ2v) is 1.48. The normalized spacial score (nSPS) is 4.33. The van der Waals surface area contributed by atoms with Gasteiger partial charge in [0.05, 0.1) is 0 Å². The molecule has 0 N–H and O–H groups in total. The summed E-state index contributed by atoms with van der Waals surface area (Å²) in [5.41, 5.74) is 0. The van der Waals surface area contributed by atoms with E-state index in [0.29, 0.717) is 0 Å². The second-order valence-electron chi connectivity index (χ2n) is 0.250. The van der Waals surface area contributed by atoms with Crippen LogP contribution in [0.5, 0.6) is 0 Å². The van der Waals surface area contributed by atoms with Crippen molar-refractivity contribution in [1.29, 1.82) is 0 Å². The molecule has 0 saturated heterocycles. The molecule has 0 aromatic carbocycles. The third-order valence-electron chi connectivity index (χ3n) is 0. The summed E-state index contributed by atoms with van der Waals surface area (Å²) < 4.78 is 25.8. The van der Waals surface area contributed by atoms with Crippen LogP contribution in [0.2, 0.25) is 0 Å². The van der Waals surface area contributed by atoms with Crippen molar-refractivity contribution in [3.05, 3.63) is 0 Å². The van der Waals surface area contributed by atoms with Gasteiger partial charge in [-0.25, -0.2) is 0 Å². The molecule has 0 aliphatic rings. The molecular weight excluding hydrogens is 310 g/mol. The van der Waals surface area contributed by atoms with Crippen LogP contribution in [0.4, 0.5) is 0 Å². The van der Waals surface area contributed by atoms with Gasteiger partial charge in [0.2, 0.25) is 0 Å². The Morgan fingerprint density at radius 1 is 1.17 bits per heavy atom. The van der Waals surface area contributed by atoms with Gasteiger partial charge in [0, 0.05) is 0 Å². The van der Waals surface area contributed by atoms with Crippen molar-refractivity contribution in [2.24, 2.45) is 0 Å². The summed E-state index contributed by atoms with van der Waals surface area (Å²) in [6.07, 6.45) is 0. The van der Waals surface area contributed by atoms with E-state index >= 15 is 0 Å². The van der Waals surface area contributed by atoms with Gasteiger partial charge >= 0.3 is 148 Å². The average Bonchev–Trinajstić information content (AvgIpc) is 0.811. The summed E-state index contributed by atoms with van der Waals surface area (Å²) in [4.78, 5) is 0. The molecule has 0 amide bonds. The van der Waals surface area contributed by atoms with Gasteiger partial charge in [0.25, 0.3) is 0 Å². The van der Waals surface area contributed by atoms with E-state index in [4.69, 9.17) is 9.18 Å². The van der Waals surface area contributed by atoms with Crippen LogP contribution in [0.15, 0.2) is 0 Å². The quantitative estimate of drug-likeness (QED) is 0.446. The predicted octanol–water partition coefficient (Wildman–Crippen LogP) is -8.49. The fourth-order valence-corrected chi connectivity index (χ4v) is 0. The first-order chi connectivity index (χ1) is 1.73. The van der Waals surface area contributed by atoms with Gasteiger partial charge in [0.15, 0.2) is 0 Å². The van der Waals surface area contributed by atoms with Crippen LogP contribution in [-0.2, 0) is 25.4 Å². The van der Waals surface area contributed by atoms with E-state index in [-0.39, 0.29) is 116 Å². The van der Waals surface area contributed by atoms with Gasteiger partial charge in [-0.05, 0) is 0 Å². The third-order valence-corrected chi connectivity index (χ3v) is 0. The Balaban J connectivity index is -0.0000000450. The maximum absolute atomic E-state index is 8.61. The number of rotatable bonds is 0. The van der Waals surface area contributed by atoms with Crippen molar-refractivity contribution < 1.29 is 148 Å². The minimum Gasteiger partial charge on any atom is 1.00 e. The van der Waals surface area contributed by atoms with E-state index in [1.165, 1.54) is 0 Å². The zero-order valence-electron chi connectivity index (χ0n) is 3.72. The van der Waals surface area contributed by atoms with Crippen LogP contribution >= 0.6 is 0 Å². The molecule has 0 aromatic heterocycles. The SMILES string of the molecule is [O]=[Zr]([O-])[O-].[Rb+].[Rb+]. The fourth-order valence-electron chi connectivity index (χ4n) is 0. The topological polar surface area (TPSA) is 63.2 Å². The van der Waals surface area contributed by atoms with Crippen molar-refractivity contribution in [1.82, 2.24) is 0 Å². The molecule has 0 aromatic rings. The summed E-state index contributed by atoms with van der Waals surface area (Å²) in [6.45, 7) is 0. The van der Waals surface area contributed by atoms with Crippen LogP contribution in [0, 0.1) is 0 Å². The molecule has 0 atom stereocenters. The first kappa shape index (κ1) is 16.7. The molecule has 0 fully saturated rings. The van der Waals surface area contributed by atoms with Gasteiger partial charge in [-0.15, -0.1) is 0 Å². The molecule has 0 aliphatic carbocycles. The van der Waals surface area contributed by atoms with Crippen LogP contribution < -0.4 is 123 Å². The standard InChI is InChI=1S/3O.2Rb.Zr/q;2*-1;2*+1;. The second kappa shape index (κ2) is 11.9. The average molecular weight is 310 g/mol. The molecule has 24 valence electrons. The Morgan fingerprint density at radius 2 is 1.17 bits per heavy atom. The molecule has 0 aliphatic heterocycles. The summed E-state index contributed by atoms with van der Waals surface area (Å²) >= 11 is -4.29. The van der Waals surface area contributed by atoms with Crippen LogP contribution in [-0.4, -0.2) is 0 Å². The predicted molar refractivity (Wildman–Crippen MR) is 0.686 cm³/mol. The van der Waals surface area contributed by atoms with Gasteiger partial charge in [-0.2, -0.15) is 0 Å². The van der Waals surface area contributed by atoms with E-state index in [1.807, 2.05) is 0 Å². The molecule has 0 heterocycles. The molecule has 6 heteroatoms. The van der Waals surface area contributed by atoms with E-state index in [2.05, 4.69) is 0 Å². The molecule has 0 unspecified atom stereocenters. The van der Waals surface area contributed by atoms with Crippen molar-refractivity contribution in [2.75, 3.05) is 0 Å². The van der Waals surface area contributed by atoms with Crippen LogP contribution in [0.25, 0.3) is 0 Å². The van der Waals surface area contributed by atoms with E-state index in [0.717, 1.165) is 0 Å². The molecule has 0 radical (unpaired) electrons. The van der Waals surface area contributed by atoms with E-state index in [1.54, 1.807) is 0 Å². The summed E-state index contributed by atoms with van der Waals surface area (Å²) in [5.74, 6) is 0.